The van der Waals surface area contributed by atoms with Crippen LogP contribution in [0.1, 0.15) is 11.1 Å². The van der Waals surface area contributed by atoms with Crippen molar-refractivity contribution in [3.8, 4) is 34.9 Å². The number of methoxy groups -OCH3 is 1. The fourth-order valence-electron chi connectivity index (χ4n) is 2.58. The molecule has 2 N–H and O–H groups in total. The van der Waals surface area contributed by atoms with E-state index in [4.69, 9.17) is 14.7 Å². The molecule has 0 aliphatic heterocycles. The average molecular weight is 400 g/mol. The van der Waals surface area contributed by atoms with Crippen LogP contribution >= 0.6 is 0 Å². The fourth-order valence-corrected chi connectivity index (χ4v) is 2.58. The number of ether oxygens (including phenoxy) is 2. The van der Waals surface area contributed by atoms with Gasteiger partial charge in [-0.3, -0.25) is 9.78 Å². The number of hydrogen-bond donors (Lipinski definition) is 2. The fraction of sp³-hybridized carbons (Fsp3) is 0.0952. The Bertz CT molecular complexity index is 1210. The van der Waals surface area contributed by atoms with Crippen LogP contribution in [0.2, 0.25) is 0 Å². The highest BCUT2D eigenvalue weighted by Crippen LogP contribution is 2.24. The molecule has 0 saturated heterocycles. The predicted molar refractivity (Wildman–Crippen MR) is 110 cm³/mol. The standard InChI is InChI=1S/C21H16N6O3/c1-29-16-8-7-15(18(11-16)30-10-9-22)13-24-27-21-25-19(14-5-3-2-4-6-14)17(12-23)20(28)26-21/h2-8,11,13H,10H2,1H3,(H2,25,26,27,28). The summed E-state index contributed by atoms with van der Waals surface area (Å²) >= 11 is 0. The van der Waals surface area contributed by atoms with Crippen LogP contribution in [0.5, 0.6) is 11.5 Å². The third kappa shape index (κ3) is 4.61. The van der Waals surface area contributed by atoms with Crippen molar-refractivity contribution in [2.75, 3.05) is 19.1 Å². The van der Waals surface area contributed by atoms with Crippen LogP contribution in [-0.2, 0) is 0 Å². The van der Waals surface area contributed by atoms with E-state index in [9.17, 15) is 10.1 Å². The van der Waals surface area contributed by atoms with E-state index in [0.717, 1.165) is 0 Å². The van der Waals surface area contributed by atoms with Gasteiger partial charge in [0.05, 0.1) is 19.0 Å². The summed E-state index contributed by atoms with van der Waals surface area (Å²) < 4.78 is 10.5. The van der Waals surface area contributed by atoms with Crippen LogP contribution < -0.4 is 20.5 Å². The monoisotopic (exact) mass is 400 g/mol. The van der Waals surface area contributed by atoms with E-state index in [-0.39, 0.29) is 23.8 Å². The zero-order valence-corrected chi connectivity index (χ0v) is 15.9. The molecule has 0 fully saturated rings. The van der Waals surface area contributed by atoms with Crippen LogP contribution in [0.3, 0.4) is 0 Å². The zero-order chi connectivity index (χ0) is 21.3. The Morgan fingerprint density at radius 1 is 1.23 bits per heavy atom. The van der Waals surface area contributed by atoms with Gasteiger partial charge in [0.1, 0.15) is 29.2 Å². The van der Waals surface area contributed by atoms with Gasteiger partial charge in [-0.15, -0.1) is 0 Å². The molecule has 3 rings (SSSR count). The van der Waals surface area contributed by atoms with E-state index >= 15 is 0 Å². The Labute approximate surface area is 171 Å². The molecule has 1 heterocycles. The van der Waals surface area contributed by atoms with Gasteiger partial charge in [0.25, 0.3) is 5.56 Å². The second-order valence-corrected chi connectivity index (χ2v) is 5.84. The van der Waals surface area contributed by atoms with Gasteiger partial charge in [-0.05, 0) is 12.1 Å². The summed E-state index contributed by atoms with van der Waals surface area (Å²) in [7, 11) is 1.52. The molecule has 1 aromatic heterocycles. The highest BCUT2D eigenvalue weighted by Gasteiger charge is 2.13. The van der Waals surface area contributed by atoms with Crippen molar-refractivity contribution in [1.29, 1.82) is 10.5 Å². The highest BCUT2D eigenvalue weighted by atomic mass is 16.5. The number of H-pyrrole nitrogens is 1. The smallest absolute Gasteiger partial charge is 0.270 e. The maximum atomic E-state index is 12.3. The van der Waals surface area contributed by atoms with E-state index in [1.54, 1.807) is 42.5 Å². The molecule has 2 aromatic carbocycles. The largest absolute Gasteiger partial charge is 0.497 e. The van der Waals surface area contributed by atoms with E-state index in [1.807, 2.05) is 18.2 Å². The maximum Gasteiger partial charge on any atom is 0.270 e. The van der Waals surface area contributed by atoms with Gasteiger partial charge in [0.15, 0.2) is 6.61 Å². The quantitative estimate of drug-likeness (QED) is 0.459. The first-order chi connectivity index (χ1) is 14.7. The highest BCUT2D eigenvalue weighted by molar-refractivity contribution is 5.84. The molecule has 0 spiro atoms. The minimum Gasteiger partial charge on any atom is -0.497 e. The molecular weight excluding hydrogens is 384 g/mol. The zero-order valence-electron chi connectivity index (χ0n) is 15.9. The second kappa shape index (κ2) is 9.53. The van der Waals surface area contributed by atoms with E-state index in [2.05, 4.69) is 20.5 Å². The lowest BCUT2D eigenvalue weighted by molar-refractivity contribution is 0.361. The SMILES string of the molecule is COc1ccc(C=NNc2nc(-c3ccccc3)c(C#N)c(=O)[nH]2)c(OCC#N)c1. The van der Waals surface area contributed by atoms with Crippen molar-refractivity contribution in [3.63, 3.8) is 0 Å². The molecule has 0 atom stereocenters. The summed E-state index contributed by atoms with van der Waals surface area (Å²) in [6.07, 6.45) is 1.45. The summed E-state index contributed by atoms with van der Waals surface area (Å²) in [5.41, 5.74) is 3.45. The minimum atomic E-state index is -0.577. The molecule has 0 amide bonds. The number of benzene rings is 2. The maximum absolute atomic E-state index is 12.3. The van der Waals surface area contributed by atoms with Crippen molar-refractivity contribution in [2.45, 2.75) is 0 Å². The van der Waals surface area contributed by atoms with Gasteiger partial charge in [0.2, 0.25) is 5.95 Å². The van der Waals surface area contributed by atoms with Crippen molar-refractivity contribution < 1.29 is 9.47 Å². The molecule has 0 radical (unpaired) electrons. The van der Waals surface area contributed by atoms with Gasteiger partial charge in [-0.25, -0.2) is 10.4 Å². The Kier molecular flexibility index (Phi) is 6.39. The van der Waals surface area contributed by atoms with Crippen molar-refractivity contribution >= 4 is 12.2 Å². The van der Waals surface area contributed by atoms with Crippen LogP contribution in [0.4, 0.5) is 5.95 Å². The Morgan fingerprint density at radius 2 is 2.03 bits per heavy atom. The second-order valence-electron chi connectivity index (χ2n) is 5.84. The normalized spacial score (nSPS) is 10.2. The molecule has 3 aromatic rings. The van der Waals surface area contributed by atoms with E-state index in [1.165, 1.54) is 13.3 Å². The summed E-state index contributed by atoms with van der Waals surface area (Å²) in [6, 6.07) is 17.8. The lowest BCUT2D eigenvalue weighted by Crippen LogP contribution is -2.16. The molecule has 0 unspecified atom stereocenters. The van der Waals surface area contributed by atoms with Crippen LogP contribution in [-0.4, -0.2) is 29.9 Å². The first-order valence-corrected chi connectivity index (χ1v) is 8.73. The van der Waals surface area contributed by atoms with Gasteiger partial charge in [-0.2, -0.15) is 15.6 Å². The first-order valence-electron chi connectivity index (χ1n) is 8.73. The van der Waals surface area contributed by atoms with Crippen molar-refractivity contribution in [1.82, 2.24) is 9.97 Å². The number of aromatic nitrogens is 2. The molecule has 148 valence electrons. The lowest BCUT2D eigenvalue weighted by Gasteiger charge is -2.08. The third-order valence-electron chi connectivity index (χ3n) is 3.97. The topological polar surface area (TPSA) is 136 Å². The molecule has 0 saturated carbocycles. The van der Waals surface area contributed by atoms with Crippen molar-refractivity contribution in [2.24, 2.45) is 5.10 Å². The Hall–Kier alpha value is -4.63. The number of hydrazone groups is 1. The number of hydrogen-bond acceptors (Lipinski definition) is 8. The van der Waals surface area contributed by atoms with Gasteiger partial charge in [-0.1, -0.05) is 30.3 Å². The summed E-state index contributed by atoms with van der Waals surface area (Å²) in [5, 5.41) is 22.1. The molecule has 0 bridgehead atoms. The van der Waals surface area contributed by atoms with Gasteiger partial charge in [0, 0.05) is 17.2 Å². The number of anilines is 1. The van der Waals surface area contributed by atoms with E-state index in [0.29, 0.717) is 22.6 Å². The number of nitrogens with zero attached hydrogens (tertiary/aromatic N) is 4. The Morgan fingerprint density at radius 3 is 2.73 bits per heavy atom. The predicted octanol–water partition coefficient (Wildman–Crippen LogP) is 2.67. The molecule has 30 heavy (non-hydrogen) atoms. The lowest BCUT2D eigenvalue weighted by atomic mass is 10.1. The molecule has 0 aliphatic rings. The average Bonchev–Trinajstić information content (AvgIpc) is 2.78. The number of rotatable bonds is 7. The molecule has 9 heteroatoms. The number of nitriles is 2. The summed E-state index contributed by atoms with van der Waals surface area (Å²) in [4.78, 5) is 19.1. The van der Waals surface area contributed by atoms with E-state index < -0.39 is 5.56 Å². The van der Waals surface area contributed by atoms with Crippen molar-refractivity contribution in [3.05, 3.63) is 70.0 Å². The Balaban J connectivity index is 1.89. The first kappa shape index (κ1) is 20.1. The molecule has 9 nitrogen and oxygen atoms in total. The summed E-state index contributed by atoms with van der Waals surface area (Å²) in [6.45, 7) is -0.133. The molecule has 0 aliphatic carbocycles. The van der Waals surface area contributed by atoms with Gasteiger partial charge < -0.3 is 9.47 Å². The summed E-state index contributed by atoms with van der Waals surface area (Å²) in [5.74, 6) is 1.05. The van der Waals surface area contributed by atoms with Gasteiger partial charge >= 0.3 is 0 Å². The van der Waals surface area contributed by atoms with Crippen LogP contribution in [0, 0.1) is 22.7 Å². The van der Waals surface area contributed by atoms with Crippen LogP contribution in [0.15, 0.2) is 58.4 Å². The third-order valence-corrected chi connectivity index (χ3v) is 3.97. The van der Waals surface area contributed by atoms with Crippen LogP contribution in [0.25, 0.3) is 11.3 Å². The number of aromatic amines is 1. The number of nitrogens with one attached hydrogen (secondary N) is 2. The minimum absolute atomic E-state index is 0.0714. The molecular formula is C21H16N6O3.